The van der Waals surface area contributed by atoms with Crippen LogP contribution < -0.4 is 5.73 Å². The molecule has 126 valence electrons. The van der Waals surface area contributed by atoms with Crippen LogP contribution in [0, 0.1) is 5.92 Å². The van der Waals surface area contributed by atoms with E-state index >= 15 is 0 Å². The highest BCUT2D eigenvalue weighted by Crippen LogP contribution is 2.31. The van der Waals surface area contributed by atoms with Crippen molar-refractivity contribution >= 4 is 5.91 Å². The number of amides is 1. The first-order valence-electron chi connectivity index (χ1n) is 8.96. The Balaban J connectivity index is 1.51. The highest BCUT2D eigenvalue weighted by Gasteiger charge is 2.32. The standard InChI is InChI=1S/C19H29N3O/c1-15(20)19(23)21-11-9-17(10-12-21)14-22(18-7-8-18)13-16-5-3-2-4-6-16/h2-6,15,17-18H,7-14,20H2,1H3/t15-/m0/s1. The third kappa shape index (κ3) is 4.55. The molecule has 0 unspecified atom stereocenters. The molecule has 2 fully saturated rings. The maximum Gasteiger partial charge on any atom is 0.239 e. The number of carbonyl (C=O) groups is 1. The number of nitrogens with zero attached hydrogens (tertiary/aromatic N) is 2. The minimum absolute atomic E-state index is 0.104. The highest BCUT2D eigenvalue weighted by atomic mass is 16.2. The van der Waals surface area contributed by atoms with Crippen LogP contribution in [0.25, 0.3) is 0 Å². The Morgan fingerprint density at radius 1 is 1.22 bits per heavy atom. The Kier molecular flexibility index (Phi) is 5.34. The molecule has 0 bridgehead atoms. The monoisotopic (exact) mass is 315 g/mol. The van der Waals surface area contributed by atoms with Crippen LogP contribution in [0.1, 0.15) is 38.2 Å². The smallest absolute Gasteiger partial charge is 0.239 e. The summed E-state index contributed by atoms with van der Waals surface area (Å²) < 4.78 is 0. The molecule has 4 nitrogen and oxygen atoms in total. The second kappa shape index (κ2) is 7.45. The van der Waals surface area contributed by atoms with Crippen molar-refractivity contribution in [3.8, 4) is 0 Å². The molecule has 1 saturated heterocycles. The van der Waals surface area contributed by atoms with Crippen LogP contribution in [0.15, 0.2) is 30.3 Å². The van der Waals surface area contributed by atoms with E-state index in [1.807, 2.05) is 4.90 Å². The maximum absolute atomic E-state index is 12.0. The average Bonchev–Trinajstić information content (AvgIpc) is 3.40. The summed E-state index contributed by atoms with van der Waals surface area (Å²) >= 11 is 0. The van der Waals surface area contributed by atoms with E-state index in [1.54, 1.807) is 6.92 Å². The molecule has 1 aliphatic heterocycles. The van der Waals surface area contributed by atoms with Gasteiger partial charge in [0.05, 0.1) is 6.04 Å². The summed E-state index contributed by atoms with van der Waals surface area (Å²) in [5.74, 6) is 0.809. The van der Waals surface area contributed by atoms with Gasteiger partial charge in [-0.1, -0.05) is 30.3 Å². The van der Waals surface area contributed by atoms with Gasteiger partial charge in [0.15, 0.2) is 0 Å². The molecule has 4 heteroatoms. The van der Waals surface area contributed by atoms with Crippen molar-refractivity contribution in [2.75, 3.05) is 19.6 Å². The van der Waals surface area contributed by atoms with E-state index in [9.17, 15) is 4.79 Å². The van der Waals surface area contributed by atoms with Crippen molar-refractivity contribution in [1.82, 2.24) is 9.80 Å². The fourth-order valence-electron chi connectivity index (χ4n) is 3.56. The number of likely N-dealkylation sites (tertiary alicyclic amines) is 1. The Morgan fingerprint density at radius 2 is 1.87 bits per heavy atom. The van der Waals surface area contributed by atoms with Gasteiger partial charge in [-0.3, -0.25) is 9.69 Å². The normalized spacial score (nSPS) is 20.7. The van der Waals surface area contributed by atoms with E-state index in [2.05, 4.69) is 35.2 Å². The van der Waals surface area contributed by atoms with Crippen molar-refractivity contribution in [1.29, 1.82) is 0 Å². The SMILES string of the molecule is C[C@H](N)C(=O)N1CCC(CN(Cc2ccccc2)C2CC2)CC1. The number of hydrogen-bond donors (Lipinski definition) is 1. The predicted molar refractivity (Wildman–Crippen MR) is 92.8 cm³/mol. The van der Waals surface area contributed by atoms with Crippen LogP contribution in [-0.2, 0) is 11.3 Å². The van der Waals surface area contributed by atoms with Gasteiger partial charge in [0.25, 0.3) is 0 Å². The molecule has 0 radical (unpaired) electrons. The van der Waals surface area contributed by atoms with Crippen molar-refractivity contribution in [2.24, 2.45) is 11.7 Å². The lowest BCUT2D eigenvalue weighted by molar-refractivity contribution is -0.133. The molecule has 1 heterocycles. The van der Waals surface area contributed by atoms with Crippen LogP contribution in [0.2, 0.25) is 0 Å². The molecule has 0 aromatic heterocycles. The van der Waals surface area contributed by atoms with E-state index in [-0.39, 0.29) is 11.9 Å². The van der Waals surface area contributed by atoms with Gasteiger partial charge in [0, 0.05) is 32.2 Å². The molecule has 2 N–H and O–H groups in total. The van der Waals surface area contributed by atoms with Crippen molar-refractivity contribution in [3.05, 3.63) is 35.9 Å². The van der Waals surface area contributed by atoms with E-state index < -0.39 is 0 Å². The number of hydrogen-bond acceptors (Lipinski definition) is 3. The summed E-state index contributed by atoms with van der Waals surface area (Å²) in [6.45, 7) is 5.75. The van der Waals surface area contributed by atoms with Crippen molar-refractivity contribution < 1.29 is 4.79 Å². The van der Waals surface area contributed by atoms with E-state index in [0.29, 0.717) is 5.92 Å². The fraction of sp³-hybridized carbons (Fsp3) is 0.632. The first-order valence-corrected chi connectivity index (χ1v) is 8.96. The van der Waals surface area contributed by atoms with Crippen LogP contribution in [0.5, 0.6) is 0 Å². The minimum Gasteiger partial charge on any atom is -0.341 e. The number of piperidine rings is 1. The van der Waals surface area contributed by atoms with E-state index in [0.717, 1.165) is 38.5 Å². The molecule has 1 atom stereocenters. The summed E-state index contributed by atoms with van der Waals surface area (Å²) in [5.41, 5.74) is 7.12. The predicted octanol–water partition coefficient (Wildman–Crippen LogP) is 2.24. The van der Waals surface area contributed by atoms with E-state index in [1.165, 1.54) is 24.9 Å². The molecule has 0 spiro atoms. The van der Waals surface area contributed by atoms with Crippen molar-refractivity contribution in [3.63, 3.8) is 0 Å². The fourth-order valence-corrected chi connectivity index (χ4v) is 3.56. The zero-order valence-electron chi connectivity index (χ0n) is 14.2. The summed E-state index contributed by atoms with van der Waals surface area (Å²) in [4.78, 5) is 16.6. The highest BCUT2D eigenvalue weighted by molar-refractivity contribution is 5.81. The summed E-state index contributed by atoms with van der Waals surface area (Å²) in [7, 11) is 0. The summed E-state index contributed by atoms with van der Waals surface area (Å²) in [6, 6.07) is 11.2. The lowest BCUT2D eigenvalue weighted by atomic mass is 9.95. The van der Waals surface area contributed by atoms with Crippen molar-refractivity contribution in [2.45, 2.75) is 51.2 Å². The van der Waals surface area contributed by atoms with Gasteiger partial charge in [-0.2, -0.15) is 0 Å². The quantitative estimate of drug-likeness (QED) is 0.876. The number of rotatable bonds is 6. The zero-order valence-corrected chi connectivity index (χ0v) is 14.2. The van der Waals surface area contributed by atoms with Gasteiger partial charge in [0.2, 0.25) is 5.91 Å². The third-order valence-corrected chi connectivity index (χ3v) is 5.10. The molecule has 1 saturated carbocycles. The van der Waals surface area contributed by atoms with Crippen LogP contribution in [-0.4, -0.2) is 47.4 Å². The lowest BCUT2D eigenvalue weighted by Crippen LogP contribution is -2.47. The zero-order chi connectivity index (χ0) is 16.2. The summed E-state index contributed by atoms with van der Waals surface area (Å²) in [6.07, 6.45) is 4.90. The van der Waals surface area contributed by atoms with Gasteiger partial charge in [-0.25, -0.2) is 0 Å². The van der Waals surface area contributed by atoms with Gasteiger partial charge in [-0.05, 0) is 44.1 Å². The Hall–Kier alpha value is -1.39. The Labute approximate surface area is 139 Å². The molecule has 2 aliphatic rings. The lowest BCUT2D eigenvalue weighted by Gasteiger charge is -2.35. The summed E-state index contributed by atoms with van der Waals surface area (Å²) in [5, 5.41) is 0. The van der Waals surface area contributed by atoms with Gasteiger partial charge >= 0.3 is 0 Å². The second-order valence-corrected chi connectivity index (χ2v) is 7.20. The minimum atomic E-state index is -0.368. The second-order valence-electron chi connectivity index (χ2n) is 7.20. The molecule has 1 aliphatic carbocycles. The van der Waals surface area contributed by atoms with Crippen LogP contribution >= 0.6 is 0 Å². The topological polar surface area (TPSA) is 49.6 Å². The average molecular weight is 315 g/mol. The van der Waals surface area contributed by atoms with Gasteiger partial charge < -0.3 is 10.6 Å². The molecule has 1 aromatic carbocycles. The molecule has 3 rings (SSSR count). The van der Waals surface area contributed by atoms with Crippen LogP contribution in [0.4, 0.5) is 0 Å². The first-order chi connectivity index (χ1) is 11.1. The number of carbonyl (C=O) groups excluding carboxylic acids is 1. The number of benzene rings is 1. The van der Waals surface area contributed by atoms with Gasteiger partial charge in [-0.15, -0.1) is 0 Å². The first kappa shape index (κ1) is 16.5. The Bertz CT molecular complexity index is 505. The largest absolute Gasteiger partial charge is 0.341 e. The third-order valence-electron chi connectivity index (χ3n) is 5.10. The molecular formula is C19H29N3O. The van der Waals surface area contributed by atoms with Gasteiger partial charge in [0.1, 0.15) is 0 Å². The molecule has 1 amide bonds. The Morgan fingerprint density at radius 3 is 2.43 bits per heavy atom. The van der Waals surface area contributed by atoms with Crippen LogP contribution in [0.3, 0.4) is 0 Å². The number of nitrogens with two attached hydrogens (primary N) is 1. The molecular weight excluding hydrogens is 286 g/mol. The van der Waals surface area contributed by atoms with E-state index in [4.69, 9.17) is 5.73 Å². The maximum atomic E-state index is 12.0. The molecule has 23 heavy (non-hydrogen) atoms. The molecule has 1 aromatic rings.